The molecule has 0 saturated carbocycles. The quantitative estimate of drug-likeness (QED) is 0.814. The number of aromatic nitrogens is 3. The standard InChI is InChI=1S/C16H20N4OS/c1-11(2)19-10-17-18-16(19)22-9-15(21)20-12(3)8-13-6-4-5-7-14(13)20/h4-7,10-12H,8-9H2,1-3H3/t12-/m1/s1. The molecule has 1 amide bonds. The molecule has 0 N–H and O–H groups in total. The maximum Gasteiger partial charge on any atom is 0.237 e. The summed E-state index contributed by atoms with van der Waals surface area (Å²) in [5.41, 5.74) is 2.30. The number of rotatable bonds is 4. The minimum absolute atomic E-state index is 0.126. The molecule has 1 aliphatic heterocycles. The molecule has 6 heteroatoms. The summed E-state index contributed by atoms with van der Waals surface area (Å²) in [6.45, 7) is 6.25. The number of fused-ring (bicyclic) bond motifs is 1. The average molecular weight is 316 g/mol. The number of carbonyl (C=O) groups excluding carboxylic acids is 1. The van der Waals surface area contributed by atoms with Crippen molar-refractivity contribution in [2.24, 2.45) is 0 Å². The van der Waals surface area contributed by atoms with E-state index in [1.54, 1.807) is 6.33 Å². The van der Waals surface area contributed by atoms with Crippen molar-refractivity contribution < 1.29 is 4.79 Å². The predicted molar refractivity (Wildman–Crippen MR) is 88.2 cm³/mol. The normalized spacial score (nSPS) is 17.1. The third-order valence-electron chi connectivity index (χ3n) is 3.90. The lowest BCUT2D eigenvalue weighted by molar-refractivity contribution is -0.116. The van der Waals surface area contributed by atoms with Crippen molar-refractivity contribution in [3.63, 3.8) is 0 Å². The first-order valence-electron chi connectivity index (χ1n) is 7.50. The maximum absolute atomic E-state index is 12.6. The Bertz CT molecular complexity index is 682. The van der Waals surface area contributed by atoms with E-state index in [1.807, 2.05) is 27.7 Å². The summed E-state index contributed by atoms with van der Waals surface area (Å²) in [5.74, 6) is 0.505. The Morgan fingerprint density at radius 3 is 2.95 bits per heavy atom. The highest BCUT2D eigenvalue weighted by molar-refractivity contribution is 7.99. The molecule has 5 nitrogen and oxygen atoms in total. The van der Waals surface area contributed by atoms with Crippen molar-refractivity contribution in [3.05, 3.63) is 36.2 Å². The summed E-state index contributed by atoms with van der Waals surface area (Å²) >= 11 is 1.45. The Hall–Kier alpha value is -1.82. The van der Waals surface area contributed by atoms with Crippen molar-refractivity contribution in [1.29, 1.82) is 0 Å². The molecule has 116 valence electrons. The van der Waals surface area contributed by atoms with E-state index in [0.29, 0.717) is 11.8 Å². The summed E-state index contributed by atoms with van der Waals surface area (Å²) in [6.07, 6.45) is 2.64. The van der Waals surface area contributed by atoms with Gasteiger partial charge in [-0.15, -0.1) is 10.2 Å². The second-order valence-electron chi connectivity index (χ2n) is 5.85. The molecule has 0 unspecified atom stereocenters. The second kappa shape index (κ2) is 6.12. The average Bonchev–Trinajstić information content (AvgIpc) is 3.07. The summed E-state index contributed by atoms with van der Waals surface area (Å²) in [5, 5.41) is 8.84. The molecule has 0 aliphatic carbocycles. The fraction of sp³-hybridized carbons (Fsp3) is 0.438. The first-order valence-corrected chi connectivity index (χ1v) is 8.48. The van der Waals surface area contributed by atoms with Gasteiger partial charge in [0, 0.05) is 17.8 Å². The summed E-state index contributed by atoms with van der Waals surface area (Å²) in [6, 6.07) is 8.64. The molecule has 1 aliphatic rings. The van der Waals surface area contributed by atoms with Crippen LogP contribution in [0.4, 0.5) is 5.69 Å². The van der Waals surface area contributed by atoms with E-state index >= 15 is 0 Å². The van der Waals surface area contributed by atoms with E-state index in [0.717, 1.165) is 17.3 Å². The van der Waals surface area contributed by atoms with Crippen LogP contribution in [-0.4, -0.2) is 32.5 Å². The van der Waals surface area contributed by atoms with Gasteiger partial charge in [-0.25, -0.2) is 0 Å². The molecule has 1 aromatic heterocycles. The van der Waals surface area contributed by atoms with Gasteiger partial charge in [0.2, 0.25) is 5.91 Å². The fourth-order valence-corrected chi connectivity index (χ4v) is 3.73. The highest BCUT2D eigenvalue weighted by Crippen LogP contribution is 2.32. The lowest BCUT2D eigenvalue weighted by Gasteiger charge is -2.22. The third-order valence-corrected chi connectivity index (χ3v) is 4.84. The van der Waals surface area contributed by atoms with Crippen LogP contribution in [0.25, 0.3) is 0 Å². The molecule has 1 atom stereocenters. The molecule has 2 heterocycles. The van der Waals surface area contributed by atoms with E-state index in [2.05, 4.69) is 37.0 Å². The van der Waals surface area contributed by atoms with Gasteiger partial charge in [0.1, 0.15) is 6.33 Å². The van der Waals surface area contributed by atoms with Crippen LogP contribution in [0.2, 0.25) is 0 Å². The zero-order chi connectivity index (χ0) is 15.7. The van der Waals surface area contributed by atoms with Gasteiger partial charge < -0.3 is 9.47 Å². The Morgan fingerprint density at radius 1 is 1.41 bits per heavy atom. The van der Waals surface area contributed by atoms with Crippen LogP contribution in [0.15, 0.2) is 35.7 Å². The lowest BCUT2D eigenvalue weighted by Crippen LogP contribution is -2.37. The molecule has 0 fully saturated rings. The smallest absolute Gasteiger partial charge is 0.237 e. The van der Waals surface area contributed by atoms with E-state index in [9.17, 15) is 4.79 Å². The van der Waals surface area contributed by atoms with Crippen molar-refractivity contribution in [2.45, 2.75) is 44.4 Å². The summed E-state index contributed by atoms with van der Waals surface area (Å²) < 4.78 is 1.99. The number of para-hydroxylation sites is 1. The Labute approximate surface area is 134 Å². The van der Waals surface area contributed by atoms with Crippen LogP contribution in [-0.2, 0) is 11.2 Å². The Kier molecular flexibility index (Phi) is 4.20. The number of amides is 1. The SMILES string of the molecule is CC(C)n1cnnc1SCC(=O)N1c2ccccc2C[C@H]1C. The third kappa shape index (κ3) is 2.75. The molecule has 0 bridgehead atoms. The van der Waals surface area contributed by atoms with Gasteiger partial charge in [-0.05, 0) is 38.8 Å². The summed E-state index contributed by atoms with van der Waals surface area (Å²) in [7, 11) is 0. The largest absolute Gasteiger partial charge is 0.308 e. The number of hydrogen-bond acceptors (Lipinski definition) is 4. The number of nitrogens with zero attached hydrogens (tertiary/aromatic N) is 4. The fourth-order valence-electron chi connectivity index (χ4n) is 2.83. The molecule has 2 aromatic rings. The van der Waals surface area contributed by atoms with Crippen LogP contribution >= 0.6 is 11.8 Å². The first kappa shape index (κ1) is 15.1. The first-order chi connectivity index (χ1) is 10.6. The highest BCUT2D eigenvalue weighted by atomic mass is 32.2. The molecule has 1 aromatic carbocycles. The molecule has 3 rings (SSSR count). The van der Waals surface area contributed by atoms with Gasteiger partial charge in [0.15, 0.2) is 5.16 Å². The zero-order valence-electron chi connectivity index (χ0n) is 13.1. The number of carbonyl (C=O) groups is 1. The minimum Gasteiger partial charge on any atom is -0.308 e. The van der Waals surface area contributed by atoms with E-state index in [4.69, 9.17) is 0 Å². The monoisotopic (exact) mass is 316 g/mol. The number of anilines is 1. The van der Waals surface area contributed by atoms with E-state index in [-0.39, 0.29) is 11.9 Å². The van der Waals surface area contributed by atoms with Gasteiger partial charge in [0.05, 0.1) is 5.75 Å². The zero-order valence-corrected chi connectivity index (χ0v) is 13.9. The minimum atomic E-state index is 0.126. The number of benzene rings is 1. The maximum atomic E-state index is 12.6. The molecule has 0 saturated heterocycles. The predicted octanol–water partition coefficient (Wildman–Crippen LogP) is 2.93. The van der Waals surface area contributed by atoms with Crippen molar-refractivity contribution in [1.82, 2.24) is 14.8 Å². The van der Waals surface area contributed by atoms with Crippen LogP contribution in [0.5, 0.6) is 0 Å². The van der Waals surface area contributed by atoms with Gasteiger partial charge in [0.25, 0.3) is 0 Å². The van der Waals surface area contributed by atoms with Crippen LogP contribution in [0.1, 0.15) is 32.4 Å². The van der Waals surface area contributed by atoms with E-state index < -0.39 is 0 Å². The van der Waals surface area contributed by atoms with Crippen LogP contribution < -0.4 is 4.90 Å². The lowest BCUT2D eigenvalue weighted by atomic mass is 10.1. The molecular weight excluding hydrogens is 296 g/mol. The van der Waals surface area contributed by atoms with Crippen molar-refractivity contribution in [2.75, 3.05) is 10.7 Å². The van der Waals surface area contributed by atoms with E-state index in [1.165, 1.54) is 17.3 Å². The van der Waals surface area contributed by atoms with Crippen molar-refractivity contribution >= 4 is 23.4 Å². The van der Waals surface area contributed by atoms with Crippen LogP contribution in [0, 0.1) is 0 Å². The number of thioether (sulfide) groups is 1. The molecule has 0 radical (unpaired) electrons. The van der Waals surface area contributed by atoms with Crippen molar-refractivity contribution in [3.8, 4) is 0 Å². The van der Waals surface area contributed by atoms with Gasteiger partial charge in [-0.2, -0.15) is 0 Å². The van der Waals surface area contributed by atoms with Gasteiger partial charge >= 0.3 is 0 Å². The highest BCUT2D eigenvalue weighted by Gasteiger charge is 2.30. The summed E-state index contributed by atoms with van der Waals surface area (Å²) in [4.78, 5) is 14.6. The van der Waals surface area contributed by atoms with Gasteiger partial charge in [-0.1, -0.05) is 30.0 Å². The topological polar surface area (TPSA) is 51.0 Å². The Morgan fingerprint density at radius 2 is 2.18 bits per heavy atom. The molecule has 22 heavy (non-hydrogen) atoms. The Balaban J connectivity index is 1.71. The van der Waals surface area contributed by atoms with Crippen LogP contribution in [0.3, 0.4) is 0 Å². The van der Waals surface area contributed by atoms with Gasteiger partial charge in [-0.3, -0.25) is 4.79 Å². The number of hydrogen-bond donors (Lipinski definition) is 0. The second-order valence-corrected chi connectivity index (χ2v) is 6.79. The molecular formula is C16H20N4OS. The molecule has 0 spiro atoms.